The first-order valence-corrected chi connectivity index (χ1v) is 7.10. The van der Waals surface area contributed by atoms with E-state index in [0.29, 0.717) is 23.4 Å². The van der Waals surface area contributed by atoms with Crippen molar-refractivity contribution in [1.82, 2.24) is 0 Å². The first kappa shape index (κ1) is 13.8. The van der Waals surface area contributed by atoms with Crippen molar-refractivity contribution >= 4 is 21.6 Å². The Labute approximate surface area is 115 Å². The van der Waals surface area contributed by atoms with E-state index in [-0.39, 0.29) is 12.1 Å². The van der Waals surface area contributed by atoms with E-state index in [1.807, 2.05) is 20.8 Å². The summed E-state index contributed by atoms with van der Waals surface area (Å²) in [5.41, 5.74) is 0.442. The average Bonchev–Trinajstić information content (AvgIpc) is 2.67. The molecule has 5 nitrogen and oxygen atoms in total. The Kier molecular flexibility index (Phi) is 3.71. The molecule has 2 aliphatic heterocycles. The van der Waals surface area contributed by atoms with Crippen molar-refractivity contribution in [3.63, 3.8) is 0 Å². The lowest BCUT2D eigenvalue weighted by Crippen LogP contribution is -2.35. The molecule has 0 amide bonds. The number of hydroxylamine groups is 1. The third kappa shape index (κ3) is 2.17. The number of hydrogen-bond acceptors (Lipinski definition) is 4. The Bertz CT molecular complexity index is 394. The second-order valence-corrected chi connectivity index (χ2v) is 5.46. The summed E-state index contributed by atoms with van der Waals surface area (Å²) in [4.78, 5) is 0. The second-order valence-electron chi connectivity index (χ2n) is 4.81. The maximum Gasteiger partial charge on any atom is 0.261 e. The maximum absolute atomic E-state index is 12.2. The molecule has 0 N–H and O–H groups in total. The first-order chi connectivity index (χ1) is 8.41. The zero-order valence-electron chi connectivity index (χ0n) is 10.8. The largest absolute Gasteiger partial charge is 0.623 e. The summed E-state index contributed by atoms with van der Waals surface area (Å²) >= 11 is 3.35. The normalized spacial score (nSPS) is 33.7. The molecule has 6 heteroatoms. The van der Waals surface area contributed by atoms with Crippen LogP contribution in [0.4, 0.5) is 0 Å². The molecule has 0 saturated carbocycles. The molecule has 1 fully saturated rings. The number of rotatable bonds is 4. The van der Waals surface area contributed by atoms with Crippen molar-refractivity contribution < 1.29 is 18.9 Å². The van der Waals surface area contributed by atoms with Gasteiger partial charge in [0.25, 0.3) is 5.71 Å². The molecular formula is C12H18BrNO4. The Morgan fingerprint density at radius 2 is 2.22 bits per heavy atom. The average molecular weight is 320 g/mol. The summed E-state index contributed by atoms with van der Waals surface area (Å²) in [6, 6.07) is -0.316. The minimum Gasteiger partial charge on any atom is -0.623 e. The van der Waals surface area contributed by atoms with Crippen LogP contribution < -0.4 is 0 Å². The molecule has 2 aliphatic rings. The quantitative estimate of drug-likeness (QED) is 0.343. The molecule has 2 rings (SSSR count). The number of alkyl halides is 1. The van der Waals surface area contributed by atoms with E-state index in [9.17, 15) is 5.21 Å². The fourth-order valence-electron chi connectivity index (χ4n) is 2.40. The third-order valence-electron chi connectivity index (χ3n) is 3.08. The Balaban J connectivity index is 2.31. The van der Waals surface area contributed by atoms with E-state index >= 15 is 0 Å². The first-order valence-electron chi connectivity index (χ1n) is 5.98. The van der Waals surface area contributed by atoms with Crippen LogP contribution in [0.1, 0.15) is 20.8 Å². The summed E-state index contributed by atoms with van der Waals surface area (Å²) < 4.78 is 17.8. The molecule has 102 valence electrons. The zero-order chi connectivity index (χ0) is 13.5. The standard InChI is InChI=1S/C12H18BrNO4/c1-5-16-7(2)9-11-10(8(6-13)14(9)15)17-12(3,4)18-11/h8,10-11H,2,5-6H2,1,3-4H3/t8-,10+,11-/m0/s1. The summed E-state index contributed by atoms with van der Waals surface area (Å²) in [5.74, 6) is -0.318. The molecule has 0 bridgehead atoms. The zero-order valence-corrected chi connectivity index (χ0v) is 12.4. The van der Waals surface area contributed by atoms with Crippen LogP contribution in [0.3, 0.4) is 0 Å². The highest BCUT2D eigenvalue weighted by Crippen LogP contribution is 2.37. The molecule has 1 saturated heterocycles. The fraction of sp³-hybridized carbons (Fsp3) is 0.750. The van der Waals surface area contributed by atoms with Crippen molar-refractivity contribution in [2.45, 2.75) is 44.8 Å². The van der Waals surface area contributed by atoms with Gasteiger partial charge >= 0.3 is 0 Å². The molecule has 2 heterocycles. The van der Waals surface area contributed by atoms with Crippen molar-refractivity contribution in [3.05, 3.63) is 17.5 Å². The van der Waals surface area contributed by atoms with Gasteiger partial charge in [-0.1, -0.05) is 15.9 Å². The Morgan fingerprint density at radius 1 is 1.56 bits per heavy atom. The van der Waals surface area contributed by atoms with Gasteiger partial charge in [0, 0.05) is 0 Å². The van der Waals surface area contributed by atoms with Crippen molar-refractivity contribution in [3.8, 4) is 0 Å². The highest BCUT2D eigenvalue weighted by molar-refractivity contribution is 9.09. The van der Waals surface area contributed by atoms with E-state index in [0.717, 1.165) is 4.74 Å². The van der Waals surface area contributed by atoms with Gasteiger partial charge in [-0.25, -0.2) is 0 Å². The van der Waals surface area contributed by atoms with Crippen LogP contribution in [0, 0.1) is 5.21 Å². The van der Waals surface area contributed by atoms with Gasteiger partial charge in [-0.05, 0) is 27.4 Å². The molecule has 0 aromatic carbocycles. The van der Waals surface area contributed by atoms with E-state index < -0.39 is 11.9 Å². The van der Waals surface area contributed by atoms with Crippen LogP contribution >= 0.6 is 15.9 Å². The third-order valence-corrected chi connectivity index (χ3v) is 3.74. The summed E-state index contributed by atoms with van der Waals surface area (Å²) in [6.45, 7) is 9.80. The molecule has 3 atom stereocenters. The highest BCUT2D eigenvalue weighted by Gasteiger charge is 2.58. The van der Waals surface area contributed by atoms with Crippen molar-refractivity contribution in [2.24, 2.45) is 0 Å². The lowest BCUT2D eigenvalue weighted by molar-refractivity contribution is -0.498. The van der Waals surface area contributed by atoms with Gasteiger partial charge in [0.05, 0.1) is 11.9 Å². The number of halogens is 1. The van der Waals surface area contributed by atoms with Gasteiger partial charge in [-0.15, -0.1) is 0 Å². The van der Waals surface area contributed by atoms with Gasteiger partial charge in [0.2, 0.25) is 6.04 Å². The minimum atomic E-state index is -0.686. The van der Waals surface area contributed by atoms with Crippen LogP contribution in [0.2, 0.25) is 0 Å². The lowest BCUT2D eigenvalue weighted by Gasteiger charge is -2.21. The topological polar surface area (TPSA) is 53.8 Å². The van der Waals surface area contributed by atoms with Crippen molar-refractivity contribution in [2.75, 3.05) is 11.9 Å². The molecule has 0 radical (unpaired) electrons. The van der Waals surface area contributed by atoms with Gasteiger partial charge in [-0.3, -0.25) is 0 Å². The monoisotopic (exact) mass is 319 g/mol. The van der Waals surface area contributed by atoms with E-state index in [4.69, 9.17) is 14.2 Å². The van der Waals surface area contributed by atoms with Crippen molar-refractivity contribution in [1.29, 1.82) is 0 Å². The van der Waals surface area contributed by atoms with Crippen LogP contribution in [-0.2, 0) is 14.2 Å². The predicted molar refractivity (Wildman–Crippen MR) is 70.8 cm³/mol. The molecule has 0 aromatic rings. The smallest absolute Gasteiger partial charge is 0.261 e. The van der Waals surface area contributed by atoms with Crippen LogP contribution in [0.15, 0.2) is 12.3 Å². The van der Waals surface area contributed by atoms with Crippen LogP contribution in [0.5, 0.6) is 0 Å². The Hall–Kier alpha value is -0.590. The van der Waals surface area contributed by atoms with Crippen LogP contribution in [-0.4, -0.2) is 46.4 Å². The molecule has 0 spiro atoms. The van der Waals surface area contributed by atoms with Gasteiger partial charge < -0.3 is 19.4 Å². The molecule has 0 unspecified atom stereocenters. The van der Waals surface area contributed by atoms with E-state index in [1.165, 1.54) is 0 Å². The summed E-state index contributed by atoms with van der Waals surface area (Å²) in [7, 11) is 0. The number of fused-ring (bicyclic) bond motifs is 1. The number of hydrogen-bond donors (Lipinski definition) is 0. The highest BCUT2D eigenvalue weighted by atomic mass is 79.9. The fourth-order valence-corrected chi connectivity index (χ4v) is 3.03. The van der Waals surface area contributed by atoms with Gasteiger partial charge in [0.1, 0.15) is 0 Å². The number of nitrogens with zero attached hydrogens (tertiary/aromatic N) is 1. The molecule has 18 heavy (non-hydrogen) atoms. The van der Waals surface area contributed by atoms with E-state index in [2.05, 4.69) is 22.5 Å². The van der Waals surface area contributed by atoms with Gasteiger partial charge in [0.15, 0.2) is 23.8 Å². The maximum atomic E-state index is 12.2. The molecule has 0 aliphatic carbocycles. The minimum absolute atomic E-state index is 0.288. The SMILES string of the molecule is C=C(OCC)C1=[N+]([O-])[C@@H](CBr)[C@H]2OC(C)(C)O[C@@H]12. The van der Waals surface area contributed by atoms with E-state index in [1.54, 1.807) is 0 Å². The molecule has 0 aromatic heterocycles. The summed E-state index contributed by atoms with van der Waals surface area (Å²) in [5, 5.41) is 12.7. The van der Waals surface area contributed by atoms with Crippen LogP contribution in [0.25, 0.3) is 0 Å². The lowest BCUT2D eigenvalue weighted by atomic mass is 10.1. The summed E-state index contributed by atoms with van der Waals surface area (Å²) in [6.07, 6.45) is -0.691. The Morgan fingerprint density at radius 3 is 2.78 bits per heavy atom. The molecular weight excluding hydrogens is 302 g/mol. The predicted octanol–water partition coefficient (Wildman–Crippen LogP) is 1.79. The van der Waals surface area contributed by atoms with Gasteiger partial charge in [-0.2, -0.15) is 4.74 Å². The second kappa shape index (κ2) is 4.83. The number of ether oxygens (including phenoxy) is 3.